The first kappa shape index (κ1) is 16.8. The van der Waals surface area contributed by atoms with Crippen molar-refractivity contribution < 1.29 is 14.6 Å². The van der Waals surface area contributed by atoms with Gasteiger partial charge in [0.1, 0.15) is 11.5 Å². The number of hydrogen-bond donors (Lipinski definition) is 2. The molecule has 4 heteroatoms. The van der Waals surface area contributed by atoms with Gasteiger partial charge in [0.2, 0.25) is 0 Å². The predicted octanol–water partition coefficient (Wildman–Crippen LogP) is 2.60. The average molecular weight is 281 g/mol. The SMILES string of the molecule is COc1cccc(OC(C)CC(C)(CO)NC(C)C)c1. The molecule has 2 atom stereocenters. The van der Waals surface area contributed by atoms with Gasteiger partial charge in [0.15, 0.2) is 0 Å². The van der Waals surface area contributed by atoms with E-state index in [1.54, 1.807) is 7.11 Å². The van der Waals surface area contributed by atoms with E-state index in [0.717, 1.165) is 17.9 Å². The lowest BCUT2D eigenvalue weighted by Gasteiger charge is -2.33. The van der Waals surface area contributed by atoms with Gasteiger partial charge in [0, 0.05) is 24.1 Å². The fourth-order valence-electron chi connectivity index (χ4n) is 2.45. The smallest absolute Gasteiger partial charge is 0.123 e. The zero-order valence-corrected chi connectivity index (χ0v) is 13.1. The number of nitrogens with one attached hydrogen (secondary N) is 1. The van der Waals surface area contributed by atoms with Gasteiger partial charge in [-0.05, 0) is 26.0 Å². The fraction of sp³-hybridized carbons (Fsp3) is 0.625. The summed E-state index contributed by atoms with van der Waals surface area (Å²) in [6, 6.07) is 7.87. The van der Waals surface area contributed by atoms with E-state index in [9.17, 15) is 5.11 Å². The highest BCUT2D eigenvalue weighted by Crippen LogP contribution is 2.22. The summed E-state index contributed by atoms with van der Waals surface area (Å²) in [6.45, 7) is 8.24. The summed E-state index contributed by atoms with van der Waals surface area (Å²) in [5.41, 5.74) is -0.341. The molecule has 114 valence electrons. The maximum Gasteiger partial charge on any atom is 0.123 e. The molecule has 0 fully saturated rings. The van der Waals surface area contributed by atoms with Crippen LogP contribution in [-0.4, -0.2) is 36.5 Å². The van der Waals surface area contributed by atoms with Crippen LogP contribution in [0.25, 0.3) is 0 Å². The van der Waals surface area contributed by atoms with Gasteiger partial charge in [-0.25, -0.2) is 0 Å². The first-order valence-corrected chi connectivity index (χ1v) is 7.08. The second-order valence-electron chi connectivity index (χ2n) is 5.83. The van der Waals surface area contributed by atoms with Crippen molar-refractivity contribution in [2.24, 2.45) is 0 Å². The van der Waals surface area contributed by atoms with E-state index in [2.05, 4.69) is 19.2 Å². The molecule has 0 spiro atoms. The Morgan fingerprint density at radius 2 is 1.90 bits per heavy atom. The highest BCUT2D eigenvalue weighted by atomic mass is 16.5. The van der Waals surface area contributed by atoms with E-state index < -0.39 is 0 Å². The van der Waals surface area contributed by atoms with Gasteiger partial charge in [0.05, 0.1) is 19.8 Å². The van der Waals surface area contributed by atoms with Crippen LogP contribution >= 0.6 is 0 Å². The summed E-state index contributed by atoms with van der Waals surface area (Å²) in [6.07, 6.45) is 0.712. The molecule has 0 heterocycles. The number of aliphatic hydroxyl groups excluding tert-OH is 1. The molecule has 0 amide bonds. The minimum absolute atomic E-state index is 0.00879. The van der Waals surface area contributed by atoms with Gasteiger partial charge in [-0.15, -0.1) is 0 Å². The summed E-state index contributed by atoms with van der Waals surface area (Å²) in [5.74, 6) is 1.56. The van der Waals surface area contributed by atoms with Gasteiger partial charge in [-0.1, -0.05) is 19.9 Å². The highest BCUT2D eigenvalue weighted by molar-refractivity contribution is 5.32. The predicted molar refractivity (Wildman–Crippen MR) is 81.5 cm³/mol. The number of benzene rings is 1. The molecule has 0 radical (unpaired) electrons. The number of rotatable bonds is 8. The molecule has 1 rings (SSSR count). The average Bonchev–Trinajstić information content (AvgIpc) is 2.37. The van der Waals surface area contributed by atoms with E-state index in [0.29, 0.717) is 6.04 Å². The van der Waals surface area contributed by atoms with Crippen molar-refractivity contribution in [1.82, 2.24) is 5.32 Å². The number of aliphatic hydroxyl groups is 1. The van der Waals surface area contributed by atoms with Gasteiger partial charge in [-0.3, -0.25) is 0 Å². The highest BCUT2D eigenvalue weighted by Gasteiger charge is 2.27. The molecular formula is C16H27NO3. The van der Waals surface area contributed by atoms with Crippen molar-refractivity contribution >= 4 is 0 Å². The Bertz CT molecular complexity index is 408. The Labute approximate surface area is 122 Å². The van der Waals surface area contributed by atoms with Crippen molar-refractivity contribution in [2.45, 2.75) is 51.8 Å². The van der Waals surface area contributed by atoms with Crippen LogP contribution in [0.2, 0.25) is 0 Å². The standard InChI is InChI=1S/C16H27NO3/c1-12(2)17-16(4,11-18)10-13(3)20-15-8-6-7-14(9-15)19-5/h6-9,12-13,17-18H,10-11H2,1-5H3. The Kier molecular flexibility index (Phi) is 6.30. The minimum atomic E-state index is -0.341. The van der Waals surface area contributed by atoms with Gasteiger partial charge in [-0.2, -0.15) is 0 Å². The van der Waals surface area contributed by atoms with Gasteiger partial charge >= 0.3 is 0 Å². The summed E-state index contributed by atoms with van der Waals surface area (Å²) in [5, 5.41) is 13.0. The summed E-state index contributed by atoms with van der Waals surface area (Å²) in [4.78, 5) is 0. The van der Waals surface area contributed by atoms with E-state index in [4.69, 9.17) is 9.47 Å². The summed E-state index contributed by atoms with van der Waals surface area (Å²) in [7, 11) is 1.64. The van der Waals surface area contributed by atoms with Crippen LogP contribution < -0.4 is 14.8 Å². The molecule has 0 saturated carbocycles. The van der Waals surface area contributed by atoms with Crippen molar-refractivity contribution in [3.8, 4) is 11.5 Å². The molecule has 2 unspecified atom stereocenters. The first-order chi connectivity index (χ1) is 9.38. The van der Waals surface area contributed by atoms with E-state index in [-0.39, 0.29) is 18.2 Å². The maximum absolute atomic E-state index is 9.59. The Morgan fingerprint density at radius 1 is 1.25 bits per heavy atom. The lowest BCUT2D eigenvalue weighted by atomic mass is 9.94. The van der Waals surface area contributed by atoms with Gasteiger partial charge < -0.3 is 19.9 Å². The molecule has 0 aliphatic rings. The molecule has 0 aliphatic carbocycles. The molecule has 4 nitrogen and oxygen atoms in total. The number of ether oxygens (including phenoxy) is 2. The Balaban J connectivity index is 2.63. The zero-order chi connectivity index (χ0) is 15.2. The molecule has 2 N–H and O–H groups in total. The van der Waals surface area contributed by atoms with Crippen LogP contribution in [0.1, 0.15) is 34.1 Å². The van der Waals surface area contributed by atoms with Crippen molar-refractivity contribution in [3.05, 3.63) is 24.3 Å². The van der Waals surface area contributed by atoms with Crippen LogP contribution in [0.3, 0.4) is 0 Å². The first-order valence-electron chi connectivity index (χ1n) is 7.08. The topological polar surface area (TPSA) is 50.7 Å². The maximum atomic E-state index is 9.59. The molecule has 1 aromatic carbocycles. The van der Waals surface area contributed by atoms with Crippen molar-refractivity contribution in [2.75, 3.05) is 13.7 Å². The van der Waals surface area contributed by atoms with E-state index in [1.807, 2.05) is 38.1 Å². The second kappa shape index (κ2) is 7.50. The molecule has 0 aromatic heterocycles. The number of methoxy groups -OCH3 is 1. The van der Waals surface area contributed by atoms with Crippen molar-refractivity contribution in [1.29, 1.82) is 0 Å². The third kappa shape index (κ3) is 5.39. The molecule has 0 aliphatic heterocycles. The largest absolute Gasteiger partial charge is 0.497 e. The Morgan fingerprint density at radius 3 is 2.45 bits per heavy atom. The fourth-order valence-corrected chi connectivity index (χ4v) is 2.45. The van der Waals surface area contributed by atoms with Crippen LogP contribution in [0.5, 0.6) is 11.5 Å². The second-order valence-corrected chi connectivity index (χ2v) is 5.83. The molecule has 0 bridgehead atoms. The lowest BCUT2D eigenvalue weighted by molar-refractivity contribution is 0.104. The lowest BCUT2D eigenvalue weighted by Crippen LogP contribution is -2.51. The van der Waals surface area contributed by atoms with E-state index in [1.165, 1.54) is 0 Å². The normalized spacial score (nSPS) is 15.8. The van der Waals surface area contributed by atoms with Crippen LogP contribution in [0.15, 0.2) is 24.3 Å². The zero-order valence-electron chi connectivity index (χ0n) is 13.1. The monoisotopic (exact) mass is 281 g/mol. The Hall–Kier alpha value is -1.26. The minimum Gasteiger partial charge on any atom is -0.497 e. The number of hydrogen-bond acceptors (Lipinski definition) is 4. The summed E-state index contributed by atoms with van der Waals surface area (Å²) < 4.78 is 11.1. The third-order valence-electron chi connectivity index (χ3n) is 3.10. The molecule has 20 heavy (non-hydrogen) atoms. The van der Waals surface area contributed by atoms with Crippen LogP contribution in [0, 0.1) is 0 Å². The molecular weight excluding hydrogens is 254 g/mol. The third-order valence-corrected chi connectivity index (χ3v) is 3.10. The van der Waals surface area contributed by atoms with Crippen molar-refractivity contribution in [3.63, 3.8) is 0 Å². The summed E-state index contributed by atoms with van der Waals surface area (Å²) >= 11 is 0. The van der Waals surface area contributed by atoms with Crippen LogP contribution in [0.4, 0.5) is 0 Å². The van der Waals surface area contributed by atoms with E-state index >= 15 is 0 Å². The van der Waals surface area contributed by atoms with Gasteiger partial charge in [0.25, 0.3) is 0 Å². The molecule has 1 aromatic rings. The van der Waals surface area contributed by atoms with Crippen LogP contribution in [-0.2, 0) is 0 Å². The quantitative estimate of drug-likeness (QED) is 0.769. The molecule has 0 saturated heterocycles.